The molecule has 0 radical (unpaired) electrons. The van der Waals surface area contributed by atoms with E-state index in [0.29, 0.717) is 13.1 Å². The lowest BCUT2D eigenvalue weighted by molar-refractivity contribution is -0.146. The van der Waals surface area contributed by atoms with Crippen LogP contribution in [0, 0.1) is 0 Å². The summed E-state index contributed by atoms with van der Waals surface area (Å²) in [6, 6.07) is 0. The number of hydrogen-bond acceptors (Lipinski definition) is 6. The number of carbonyl (C=O) groups is 2. The summed E-state index contributed by atoms with van der Waals surface area (Å²) in [5.41, 5.74) is 0.0870. The highest BCUT2D eigenvalue weighted by Gasteiger charge is 2.26. The first-order chi connectivity index (χ1) is 9.56. The quantitative estimate of drug-likeness (QED) is 0.739. The van der Waals surface area contributed by atoms with Crippen molar-refractivity contribution in [2.45, 2.75) is 26.1 Å². The van der Waals surface area contributed by atoms with Gasteiger partial charge in [0.15, 0.2) is 12.3 Å². The Bertz CT molecular complexity index is 470. The maximum Gasteiger partial charge on any atom is 0.359 e. The molecule has 2 atom stereocenters. The molecule has 1 aromatic rings. The largest absolute Gasteiger partial charge is 0.451 e. The third kappa shape index (κ3) is 3.74. The van der Waals surface area contributed by atoms with E-state index in [1.165, 1.54) is 18.6 Å². The molecule has 1 aromatic heterocycles. The van der Waals surface area contributed by atoms with Gasteiger partial charge in [0, 0.05) is 25.5 Å². The van der Waals surface area contributed by atoms with Gasteiger partial charge in [-0.3, -0.25) is 9.78 Å². The molecule has 1 fully saturated rings. The van der Waals surface area contributed by atoms with Gasteiger partial charge in [0.25, 0.3) is 5.91 Å². The number of aromatic nitrogens is 2. The van der Waals surface area contributed by atoms with E-state index in [1.807, 2.05) is 13.8 Å². The fraction of sp³-hybridized carbons (Fsp3) is 0.538. The smallest absolute Gasteiger partial charge is 0.359 e. The predicted molar refractivity (Wildman–Crippen MR) is 68.9 cm³/mol. The van der Waals surface area contributed by atoms with Crippen molar-refractivity contribution in [3.8, 4) is 0 Å². The van der Waals surface area contributed by atoms with E-state index in [-0.39, 0.29) is 30.4 Å². The second-order valence-corrected chi connectivity index (χ2v) is 4.72. The molecule has 0 bridgehead atoms. The Morgan fingerprint density at radius 3 is 2.65 bits per heavy atom. The van der Waals surface area contributed by atoms with Crippen molar-refractivity contribution >= 4 is 11.9 Å². The molecule has 7 nitrogen and oxygen atoms in total. The summed E-state index contributed by atoms with van der Waals surface area (Å²) in [5, 5.41) is 0. The number of carbonyl (C=O) groups excluding carboxylic acids is 2. The van der Waals surface area contributed by atoms with Gasteiger partial charge in [-0.05, 0) is 13.8 Å². The molecule has 7 heteroatoms. The first kappa shape index (κ1) is 14.4. The van der Waals surface area contributed by atoms with Crippen LogP contribution in [0.2, 0.25) is 0 Å². The van der Waals surface area contributed by atoms with Crippen molar-refractivity contribution < 1.29 is 19.1 Å². The van der Waals surface area contributed by atoms with Gasteiger partial charge >= 0.3 is 5.97 Å². The lowest BCUT2D eigenvalue weighted by atomic mass is 10.2. The summed E-state index contributed by atoms with van der Waals surface area (Å²) >= 11 is 0. The van der Waals surface area contributed by atoms with E-state index in [2.05, 4.69) is 9.97 Å². The third-order valence-corrected chi connectivity index (χ3v) is 2.87. The topological polar surface area (TPSA) is 81.6 Å². The highest BCUT2D eigenvalue weighted by atomic mass is 16.5. The van der Waals surface area contributed by atoms with Crippen LogP contribution in [-0.4, -0.2) is 58.6 Å². The van der Waals surface area contributed by atoms with E-state index in [0.717, 1.165) is 0 Å². The molecule has 0 unspecified atom stereocenters. The summed E-state index contributed by atoms with van der Waals surface area (Å²) in [4.78, 5) is 32.8. The molecule has 2 rings (SSSR count). The number of nitrogens with zero attached hydrogens (tertiary/aromatic N) is 3. The summed E-state index contributed by atoms with van der Waals surface area (Å²) in [6.07, 6.45) is 4.12. The van der Waals surface area contributed by atoms with Gasteiger partial charge in [-0.25, -0.2) is 9.78 Å². The van der Waals surface area contributed by atoms with Gasteiger partial charge in [-0.15, -0.1) is 0 Å². The molecule has 0 aliphatic carbocycles. The molecule has 0 aromatic carbocycles. The molecule has 0 N–H and O–H groups in total. The predicted octanol–water partition coefficient (Wildman–Crippen LogP) is 0.269. The van der Waals surface area contributed by atoms with Gasteiger partial charge in [-0.2, -0.15) is 0 Å². The van der Waals surface area contributed by atoms with Crippen molar-refractivity contribution in [1.82, 2.24) is 14.9 Å². The van der Waals surface area contributed by atoms with E-state index in [1.54, 1.807) is 4.90 Å². The Hall–Kier alpha value is -2.02. The average molecular weight is 279 g/mol. The molecular formula is C13H17N3O4. The van der Waals surface area contributed by atoms with E-state index in [9.17, 15) is 9.59 Å². The number of rotatable bonds is 3. The number of hydrogen-bond donors (Lipinski definition) is 0. The zero-order valence-corrected chi connectivity index (χ0v) is 11.5. The molecule has 108 valence electrons. The van der Waals surface area contributed by atoms with E-state index in [4.69, 9.17) is 9.47 Å². The van der Waals surface area contributed by atoms with Crippen molar-refractivity contribution in [2.24, 2.45) is 0 Å². The van der Waals surface area contributed by atoms with Crippen molar-refractivity contribution in [3.63, 3.8) is 0 Å². The highest BCUT2D eigenvalue weighted by Crippen LogP contribution is 2.10. The van der Waals surface area contributed by atoms with Crippen LogP contribution < -0.4 is 0 Å². The molecule has 0 spiro atoms. The summed E-state index contributed by atoms with van der Waals surface area (Å²) in [6.45, 7) is 4.52. The third-order valence-electron chi connectivity index (χ3n) is 2.87. The Morgan fingerprint density at radius 2 is 2.05 bits per heavy atom. The first-order valence-corrected chi connectivity index (χ1v) is 6.42. The Morgan fingerprint density at radius 1 is 1.35 bits per heavy atom. The fourth-order valence-electron chi connectivity index (χ4n) is 2.08. The van der Waals surface area contributed by atoms with Gasteiger partial charge in [0.05, 0.1) is 18.4 Å². The van der Waals surface area contributed by atoms with Crippen molar-refractivity contribution in [1.29, 1.82) is 0 Å². The average Bonchev–Trinajstić information content (AvgIpc) is 2.44. The zero-order chi connectivity index (χ0) is 14.5. The molecule has 1 aliphatic rings. The minimum Gasteiger partial charge on any atom is -0.451 e. The maximum atomic E-state index is 12.0. The summed E-state index contributed by atoms with van der Waals surface area (Å²) in [5.74, 6) is -0.884. The summed E-state index contributed by atoms with van der Waals surface area (Å²) < 4.78 is 10.5. The zero-order valence-electron chi connectivity index (χ0n) is 11.5. The fourth-order valence-corrected chi connectivity index (χ4v) is 2.08. The molecule has 1 amide bonds. The number of morpholine rings is 1. The van der Waals surface area contributed by atoms with Crippen LogP contribution in [0.3, 0.4) is 0 Å². The van der Waals surface area contributed by atoms with E-state index < -0.39 is 5.97 Å². The Labute approximate surface area is 116 Å². The number of esters is 1. The van der Waals surface area contributed by atoms with E-state index >= 15 is 0 Å². The lowest BCUT2D eigenvalue weighted by Gasteiger charge is -2.35. The van der Waals surface area contributed by atoms with Crippen molar-refractivity contribution in [2.75, 3.05) is 19.7 Å². The molecular weight excluding hydrogens is 262 g/mol. The van der Waals surface area contributed by atoms with Crippen LogP contribution in [0.1, 0.15) is 24.3 Å². The number of amides is 1. The summed E-state index contributed by atoms with van der Waals surface area (Å²) in [7, 11) is 0. The molecule has 0 saturated carbocycles. The standard InChI is InChI=1S/C13H17N3O4/c1-9-6-16(7-10(2)20-9)12(17)8-19-13(18)11-5-14-3-4-15-11/h3-5,9-10H,6-8H2,1-2H3/t9-,10-/m0/s1. The van der Waals surface area contributed by atoms with Crippen LogP contribution in [-0.2, 0) is 14.3 Å². The lowest BCUT2D eigenvalue weighted by Crippen LogP contribution is -2.49. The minimum absolute atomic E-state index is 0.0154. The van der Waals surface area contributed by atoms with Crippen LogP contribution in [0.15, 0.2) is 18.6 Å². The first-order valence-electron chi connectivity index (χ1n) is 6.42. The van der Waals surface area contributed by atoms with Gasteiger partial charge < -0.3 is 14.4 Å². The number of ether oxygens (including phenoxy) is 2. The normalized spacial score (nSPS) is 22.4. The minimum atomic E-state index is -0.652. The van der Waals surface area contributed by atoms with Crippen molar-refractivity contribution in [3.05, 3.63) is 24.3 Å². The van der Waals surface area contributed by atoms with Gasteiger partial charge in [-0.1, -0.05) is 0 Å². The monoisotopic (exact) mass is 279 g/mol. The van der Waals surface area contributed by atoms with Crippen LogP contribution in [0.5, 0.6) is 0 Å². The van der Waals surface area contributed by atoms with Crippen LogP contribution >= 0.6 is 0 Å². The van der Waals surface area contributed by atoms with Gasteiger partial charge in [0.2, 0.25) is 0 Å². The Kier molecular flexibility index (Phi) is 4.62. The highest BCUT2D eigenvalue weighted by molar-refractivity contribution is 5.89. The Balaban J connectivity index is 1.84. The SMILES string of the molecule is C[C@H]1CN(C(=O)COC(=O)c2cnccn2)C[C@H](C)O1. The molecule has 1 saturated heterocycles. The molecule has 20 heavy (non-hydrogen) atoms. The molecule has 2 heterocycles. The second kappa shape index (κ2) is 6.42. The maximum absolute atomic E-state index is 12.0. The van der Waals surface area contributed by atoms with Crippen LogP contribution in [0.4, 0.5) is 0 Å². The molecule has 1 aliphatic heterocycles. The van der Waals surface area contributed by atoms with Crippen LogP contribution in [0.25, 0.3) is 0 Å². The van der Waals surface area contributed by atoms with Gasteiger partial charge in [0.1, 0.15) is 0 Å². The second-order valence-electron chi connectivity index (χ2n) is 4.72.